The van der Waals surface area contributed by atoms with Crippen LogP contribution in [0, 0.1) is 6.92 Å². The summed E-state index contributed by atoms with van der Waals surface area (Å²) in [7, 11) is 0. The lowest BCUT2D eigenvalue weighted by atomic mass is 9.32. The van der Waals surface area contributed by atoms with Crippen molar-refractivity contribution in [3.63, 3.8) is 0 Å². The van der Waals surface area contributed by atoms with E-state index in [2.05, 4.69) is 82.2 Å². The predicted octanol–water partition coefficient (Wildman–Crippen LogP) is 4.72. The summed E-state index contributed by atoms with van der Waals surface area (Å²) in [6.07, 6.45) is 1.13. The highest BCUT2D eigenvalue weighted by atomic mass is 14.2. The zero-order valence-electron chi connectivity index (χ0n) is 12.5. The fourth-order valence-corrected chi connectivity index (χ4v) is 2.58. The van der Waals surface area contributed by atoms with Crippen LogP contribution in [0.2, 0.25) is 6.82 Å². The zero-order valence-corrected chi connectivity index (χ0v) is 12.5. The molecule has 0 atom stereocenters. The van der Waals surface area contributed by atoms with Crippen molar-refractivity contribution in [1.82, 2.24) is 0 Å². The Morgan fingerprint density at radius 1 is 0.895 bits per heavy atom. The standard InChI is InChI=1S/C18H23B/c1-15-10-8-9-11-16(15)14-19(4)18(2,3)17-12-6-5-7-13-17/h5-13H,14H2,1-4H3. The van der Waals surface area contributed by atoms with E-state index in [0.29, 0.717) is 6.71 Å². The molecule has 1 heteroatoms. The predicted molar refractivity (Wildman–Crippen MR) is 86.0 cm³/mol. The van der Waals surface area contributed by atoms with Crippen molar-refractivity contribution in [1.29, 1.82) is 0 Å². The second kappa shape index (κ2) is 5.65. The molecule has 0 fully saturated rings. The van der Waals surface area contributed by atoms with E-state index < -0.39 is 0 Å². The Hall–Kier alpha value is -1.50. The average Bonchev–Trinajstić information content (AvgIpc) is 2.42. The highest BCUT2D eigenvalue weighted by Crippen LogP contribution is 2.28. The molecule has 0 saturated heterocycles. The average molecular weight is 250 g/mol. The third-order valence-corrected chi connectivity index (χ3v) is 4.54. The molecule has 0 nitrogen and oxygen atoms in total. The van der Waals surface area contributed by atoms with Crippen LogP contribution >= 0.6 is 0 Å². The molecule has 0 aliphatic rings. The van der Waals surface area contributed by atoms with E-state index in [0.717, 1.165) is 6.32 Å². The number of rotatable bonds is 4. The topological polar surface area (TPSA) is 0 Å². The second-order valence-electron chi connectivity index (χ2n) is 6.12. The minimum absolute atomic E-state index is 0.198. The van der Waals surface area contributed by atoms with Gasteiger partial charge in [0.1, 0.15) is 0 Å². The summed E-state index contributed by atoms with van der Waals surface area (Å²) in [6, 6.07) is 19.6. The Kier molecular flexibility index (Phi) is 4.14. The molecule has 0 spiro atoms. The van der Waals surface area contributed by atoms with Crippen LogP contribution in [0.3, 0.4) is 0 Å². The number of benzene rings is 2. The lowest BCUT2D eigenvalue weighted by molar-refractivity contribution is 0.729. The van der Waals surface area contributed by atoms with Crippen LogP contribution in [0.5, 0.6) is 0 Å². The minimum Gasteiger partial charge on any atom is -0.0851 e. The van der Waals surface area contributed by atoms with Gasteiger partial charge in [0.2, 0.25) is 0 Å². The van der Waals surface area contributed by atoms with Gasteiger partial charge >= 0.3 is 0 Å². The van der Waals surface area contributed by atoms with E-state index in [9.17, 15) is 0 Å². The molecule has 0 radical (unpaired) electrons. The van der Waals surface area contributed by atoms with Gasteiger partial charge in [-0.1, -0.05) is 80.8 Å². The van der Waals surface area contributed by atoms with E-state index >= 15 is 0 Å². The monoisotopic (exact) mass is 250 g/mol. The molecule has 0 unspecified atom stereocenters. The molecule has 2 aromatic carbocycles. The Bertz CT molecular complexity index is 528. The Labute approximate surface area is 118 Å². The maximum Gasteiger partial charge on any atom is 0.152 e. The molecule has 0 aromatic heterocycles. The van der Waals surface area contributed by atoms with E-state index in [4.69, 9.17) is 0 Å². The molecule has 98 valence electrons. The normalized spacial score (nSPS) is 11.4. The Morgan fingerprint density at radius 3 is 2.11 bits per heavy atom. The molecule has 19 heavy (non-hydrogen) atoms. The van der Waals surface area contributed by atoms with Gasteiger partial charge in [-0.2, -0.15) is 0 Å². The summed E-state index contributed by atoms with van der Waals surface area (Å²) in [4.78, 5) is 0. The molecule has 2 aromatic rings. The summed E-state index contributed by atoms with van der Waals surface area (Å²) in [5.74, 6) is 0. The van der Waals surface area contributed by atoms with E-state index in [1.165, 1.54) is 16.7 Å². The van der Waals surface area contributed by atoms with E-state index in [-0.39, 0.29) is 5.31 Å². The van der Waals surface area contributed by atoms with Crippen LogP contribution in [-0.4, -0.2) is 6.71 Å². The first kappa shape index (κ1) is 13.9. The van der Waals surface area contributed by atoms with Gasteiger partial charge in [-0.3, -0.25) is 0 Å². The first-order valence-electron chi connectivity index (χ1n) is 7.12. The van der Waals surface area contributed by atoms with Gasteiger partial charge in [0, 0.05) is 0 Å². The molecule has 0 N–H and O–H groups in total. The molecule has 0 aliphatic carbocycles. The quantitative estimate of drug-likeness (QED) is 0.689. The second-order valence-corrected chi connectivity index (χ2v) is 6.12. The van der Waals surface area contributed by atoms with Gasteiger partial charge in [0.05, 0.1) is 0 Å². The highest BCUT2D eigenvalue weighted by Gasteiger charge is 2.30. The fourth-order valence-electron chi connectivity index (χ4n) is 2.58. The summed E-state index contributed by atoms with van der Waals surface area (Å²) in [6.45, 7) is 9.88. The molecular weight excluding hydrogens is 227 g/mol. The Balaban J connectivity index is 2.20. The van der Waals surface area contributed by atoms with Crippen molar-refractivity contribution in [2.75, 3.05) is 0 Å². The van der Waals surface area contributed by atoms with Crippen molar-refractivity contribution in [3.05, 3.63) is 71.3 Å². The molecule has 0 bridgehead atoms. The molecule has 2 rings (SSSR count). The van der Waals surface area contributed by atoms with Gasteiger partial charge in [-0.15, -0.1) is 0 Å². The van der Waals surface area contributed by atoms with Gasteiger partial charge in [0.25, 0.3) is 0 Å². The Morgan fingerprint density at radius 2 is 1.47 bits per heavy atom. The van der Waals surface area contributed by atoms with Gasteiger partial charge in [-0.05, 0) is 29.7 Å². The highest BCUT2D eigenvalue weighted by molar-refractivity contribution is 6.60. The van der Waals surface area contributed by atoms with Crippen LogP contribution in [-0.2, 0) is 11.6 Å². The summed E-state index contributed by atoms with van der Waals surface area (Å²) < 4.78 is 0. The van der Waals surface area contributed by atoms with Crippen LogP contribution in [0.25, 0.3) is 0 Å². The fraction of sp³-hybridized carbons (Fsp3) is 0.333. The summed E-state index contributed by atoms with van der Waals surface area (Å²) in [5.41, 5.74) is 4.30. The zero-order chi connectivity index (χ0) is 13.9. The van der Waals surface area contributed by atoms with Gasteiger partial charge < -0.3 is 0 Å². The molecule has 0 aliphatic heterocycles. The molecular formula is C18H23B. The van der Waals surface area contributed by atoms with Crippen LogP contribution in [0.1, 0.15) is 30.5 Å². The maximum absolute atomic E-state index is 2.36. The third-order valence-electron chi connectivity index (χ3n) is 4.54. The number of hydrogen-bond acceptors (Lipinski definition) is 0. The SMILES string of the molecule is CB(Cc1ccccc1C)C(C)(C)c1ccccc1. The van der Waals surface area contributed by atoms with Crippen LogP contribution in [0.15, 0.2) is 54.6 Å². The smallest absolute Gasteiger partial charge is 0.0851 e. The first-order valence-corrected chi connectivity index (χ1v) is 7.12. The van der Waals surface area contributed by atoms with Crippen LogP contribution < -0.4 is 0 Å². The van der Waals surface area contributed by atoms with Gasteiger partial charge in [0.15, 0.2) is 6.71 Å². The maximum atomic E-state index is 2.36. The van der Waals surface area contributed by atoms with Crippen molar-refractivity contribution in [2.45, 2.75) is 39.2 Å². The van der Waals surface area contributed by atoms with Crippen molar-refractivity contribution >= 4 is 6.71 Å². The molecule has 0 saturated carbocycles. The third kappa shape index (κ3) is 3.09. The van der Waals surface area contributed by atoms with Crippen LogP contribution in [0.4, 0.5) is 0 Å². The van der Waals surface area contributed by atoms with Crippen molar-refractivity contribution in [2.24, 2.45) is 0 Å². The molecule has 0 heterocycles. The number of hydrogen-bond donors (Lipinski definition) is 0. The lowest BCUT2D eigenvalue weighted by Gasteiger charge is -2.31. The van der Waals surface area contributed by atoms with E-state index in [1.54, 1.807) is 0 Å². The number of aryl methyl sites for hydroxylation is 1. The van der Waals surface area contributed by atoms with Gasteiger partial charge in [-0.25, -0.2) is 0 Å². The minimum atomic E-state index is 0.198. The summed E-state index contributed by atoms with van der Waals surface area (Å²) in [5, 5.41) is 0.198. The lowest BCUT2D eigenvalue weighted by Crippen LogP contribution is -2.37. The first-order chi connectivity index (χ1) is 9.01. The van der Waals surface area contributed by atoms with Crippen molar-refractivity contribution in [3.8, 4) is 0 Å². The van der Waals surface area contributed by atoms with Crippen molar-refractivity contribution < 1.29 is 0 Å². The largest absolute Gasteiger partial charge is 0.152 e. The molecule has 0 amide bonds. The summed E-state index contributed by atoms with van der Waals surface area (Å²) >= 11 is 0. The van der Waals surface area contributed by atoms with E-state index in [1.807, 2.05) is 0 Å².